The van der Waals surface area contributed by atoms with E-state index in [4.69, 9.17) is 0 Å². The van der Waals surface area contributed by atoms with E-state index in [1.54, 1.807) is 13.0 Å². The molecule has 0 aliphatic heterocycles. The first-order chi connectivity index (χ1) is 12.4. The van der Waals surface area contributed by atoms with Crippen LogP contribution >= 0.6 is 0 Å². The van der Waals surface area contributed by atoms with Crippen molar-refractivity contribution in [1.82, 2.24) is 4.98 Å². The Morgan fingerprint density at radius 1 is 1.08 bits per heavy atom. The number of nitrogens with one attached hydrogen (secondary N) is 1. The van der Waals surface area contributed by atoms with Crippen LogP contribution in [-0.2, 0) is 14.3 Å². The molecule has 3 rings (SSSR count). The quantitative estimate of drug-likeness (QED) is 0.696. The Morgan fingerprint density at radius 2 is 1.81 bits per heavy atom. The Hall–Kier alpha value is -2.93. The second-order valence-electron chi connectivity index (χ2n) is 5.81. The molecule has 1 aromatic heterocycles. The minimum Gasteiger partial charge on any atom is -0.354 e. The first-order valence-electron chi connectivity index (χ1n) is 8.08. The molecule has 3 aromatic rings. The molecular weight excluding hydrogens is 354 g/mol. The summed E-state index contributed by atoms with van der Waals surface area (Å²) >= 11 is 0. The van der Waals surface area contributed by atoms with E-state index in [9.17, 15) is 18.0 Å². The van der Waals surface area contributed by atoms with Gasteiger partial charge in [-0.05, 0) is 30.2 Å². The summed E-state index contributed by atoms with van der Waals surface area (Å²) in [5.74, 6) is -1.24. The molecule has 26 heavy (non-hydrogen) atoms. The average molecular weight is 371 g/mol. The normalized spacial score (nSPS) is 11.4. The maximum Gasteiger partial charge on any atom is 0.353 e. The molecule has 0 amide bonds. The summed E-state index contributed by atoms with van der Waals surface area (Å²) < 4.78 is 27.8. The summed E-state index contributed by atoms with van der Waals surface area (Å²) in [4.78, 5) is 27.7. The SMILES string of the molecule is CCCS(=O)(=O)OC(=O)c1ccc2[nH]c(-c3ccccc3)cc(=O)c2c1. The molecule has 1 N–H and O–H groups in total. The van der Waals surface area contributed by atoms with E-state index in [1.807, 2.05) is 30.3 Å². The molecule has 1 heterocycles. The standard InChI is InChI=1S/C19H17NO5S/c1-2-10-26(23,24)25-19(22)14-8-9-16-15(11-14)18(21)12-17(20-16)13-6-4-3-5-7-13/h3-9,11-12H,2,10H2,1H3,(H,20,21). The highest BCUT2D eigenvalue weighted by Gasteiger charge is 2.18. The zero-order chi connectivity index (χ0) is 18.7. The van der Waals surface area contributed by atoms with Crippen LogP contribution in [0, 0.1) is 0 Å². The van der Waals surface area contributed by atoms with E-state index < -0.39 is 16.1 Å². The van der Waals surface area contributed by atoms with Gasteiger partial charge in [-0.3, -0.25) is 4.79 Å². The number of hydrogen-bond acceptors (Lipinski definition) is 5. The largest absolute Gasteiger partial charge is 0.354 e. The number of benzene rings is 2. The van der Waals surface area contributed by atoms with Crippen molar-refractivity contribution < 1.29 is 17.4 Å². The van der Waals surface area contributed by atoms with Crippen LogP contribution in [0.15, 0.2) is 59.4 Å². The smallest absolute Gasteiger partial charge is 0.353 e. The van der Waals surface area contributed by atoms with Crippen LogP contribution in [-0.4, -0.2) is 25.1 Å². The van der Waals surface area contributed by atoms with E-state index in [2.05, 4.69) is 9.17 Å². The van der Waals surface area contributed by atoms with Gasteiger partial charge in [0.15, 0.2) is 5.43 Å². The fourth-order valence-electron chi connectivity index (χ4n) is 2.60. The molecule has 0 spiro atoms. The lowest BCUT2D eigenvalue weighted by Gasteiger charge is -2.07. The number of hydrogen-bond donors (Lipinski definition) is 1. The van der Waals surface area contributed by atoms with E-state index in [-0.39, 0.29) is 22.1 Å². The highest BCUT2D eigenvalue weighted by atomic mass is 32.2. The number of aromatic nitrogens is 1. The Labute approximate surface area is 150 Å². The van der Waals surface area contributed by atoms with Crippen LogP contribution in [0.25, 0.3) is 22.2 Å². The molecule has 0 atom stereocenters. The minimum atomic E-state index is -3.92. The fraction of sp³-hybridized carbons (Fsp3) is 0.158. The zero-order valence-corrected chi connectivity index (χ0v) is 14.9. The molecule has 7 heteroatoms. The molecule has 134 valence electrons. The Kier molecular flexibility index (Phi) is 4.90. The van der Waals surface area contributed by atoms with Gasteiger partial charge in [-0.1, -0.05) is 37.3 Å². The number of rotatable bonds is 5. The van der Waals surface area contributed by atoms with Gasteiger partial charge >= 0.3 is 16.1 Å². The van der Waals surface area contributed by atoms with Gasteiger partial charge in [0.1, 0.15) is 0 Å². The van der Waals surface area contributed by atoms with Crippen LogP contribution in [0.2, 0.25) is 0 Å². The van der Waals surface area contributed by atoms with Crippen LogP contribution in [0.4, 0.5) is 0 Å². The Morgan fingerprint density at radius 3 is 2.50 bits per heavy atom. The highest BCUT2D eigenvalue weighted by molar-refractivity contribution is 7.87. The first kappa shape index (κ1) is 17.9. The van der Waals surface area contributed by atoms with Gasteiger partial charge in [-0.25, -0.2) is 4.79 Å². The number of carbonyl (C=O) groups excluding carboxylic acids is 1. The number of carbonyl (C=O) groups is 1. The fourth-order valence-corrected chi connectivity index (χ4v) is 3.51. The molecule has 0 fully saturated rings. The van der Waals surface area contributed by atoms with Crippen molar-refractivity contribution in [3.05, 3.63) is 70.4 Å². The summed E-state index contributed by atoms with van der Waals surface area (Å²) in [5.41, 5.74) is 1.80. The van der Waals surface area contributed by atoms with Gasteiger partial charge in [0, 0.05) is 22.7 Å². The number of fused-ring (bicyclic) bond motifs is 1. The van der Waals surface area contributed by atoms with E-state index >= 15 is 0 Å². The maximum atomic E-state index is 12.4. The maximum absolute atomic E-state index is 12.4. The van der Waals surface area contributed by atoms with Gasteiger partial charge < -0.3 is 9.17 Å². The van der Waals surface area contributed by atoms with Crippen LogP contribution < -0.4 is 5.43 Å². The zero-order valence-electron chi connectivity index (χ0n) is 14.1. The lowest BCUT2D eigenvalue weighted by atomic mass is 10.1. The number of H-pyrrole nitrogens is 1. The van der Waals surface area contributed by atoms with Gasteiger partial charge in [0.25, 0.3) is 0 Å². The van der Waals surface area contributed by atoms with Gasteiger partial charge in [0.05, 0.1) is 11.3 Å². The summed E-state index contributed by atoms with van der Waals surface area (Å²) in [6.45, 7) is 1.67. The van der Waals surface area contributed by atoms with Crippen molar-refractivity contribution in [2.75, 3.05) is 5.75 Å². The van der Waals surface area contributed by atoms with Gasteiger partial charge in [0.2, 0.25) is 0 Å². The summed E-state index contributed by atoms with van der Waals surface area (Å²) in [5, 5.41) is 0.284. The monoisotopic (exact) mass is 371 g/mol. The van der Waals surface area contributed by atoms with E-state index in [0.29, 0.717) is 17.6 Å². The predicted molar refractivity (Wildman–Crippen MR) is 99.5 cm³/mol. The molecular formula is C19H17NO5S. The van der Waals surface area contributed by atoms with Gasteiger partial charge in [-0.15, -0.1) is 0 Å². The average Bonchev–Trinajstić information content (AvgIpc) is 2.61. The second-order valence-corrected chi connectivity index (χ2v) is 7.50. The number of pyridine rings is 1. The molecule has 0 unspecified atom stereocenters. The predicted octanol–water partition coefficient (Wildman–Crippen LogP) is 3.09. The third-order valence-electron chi connectivity index (χ3n) is 3.81. The summed E-state index contributed by atoms with van der Waals surface area (Å²) in [6.07, 6.45) is 0.343. The first-order valence-corrected chi connectivity index (χ1v) is 9.66. The summed E-state index contributed by atoms with van der Waals surface area (Å²) in [6, 6.07) is 15.1. The molecule has 0 bridgehead atoms. The topological polar surface area (TPSA) is 93.3 Å². The van der Waals surface area contributed by atoms with E-state index in [1.165, 1.54) is 18.2 Å². The molecule has 0 aliphatic rings. The molecule has 2 aromatic carbocycles. The molecule has 0 saturated heterocycles. The third-order valence-corrected chi connectivity index (χ3v) is 5.12. The van der Waals surface area contributed by atoms with Crippen LogP contribution in [0.1, 0.15) is 23.7 Å². The Bertz CT molecular complexity index is 1120. The second kappa shape index (κ2) is 7.13. The lowest BCUT2D eigenvalue weighted by Crippen LogP contribution is -2.16. The van der Waals surface area contributed by atoms with E-state index in [0.717, 1.165) is 5.56 Å². The lowest BCUT2D eigenvalue weighted by molar-refractivity contribution is 0.0747. The highest BCUT2D eigenvalue weighted by Crippen LogP contribution is 2.19. The van der Waals surface area contributed by atoms with Crippen LogP contribution in [0.3, 0.4) is 0 Å². The minimum absolute atomic E-state index is 0.00939. The third kappa shape index (κ3) is 3.83. The molecule has 6 nitrogen and oxygen atoms in total. The van der Waals surface area contributed by atoms with Crippen molar-refractivity contribution in [3.63, 3.8) is 0 Å². The number of aromatic amines is 1. The van der Waals surface area contributed by atoms with Gasteiger partial charge in [-0.2, -0.15) is 8.42 Å². The van der Waals surface area contributed by atoms with Crippen molar-refractivity contribution in [2.24, 2.45) is 0 Å². The Balaban J connectivity index is 1.99. The van der Waals surface area contributed by atoms with Crippen molar-refractivity contribution >= 4 is 27.0 Å². The van der Waals surface area contributed by atoms with Crippen molar-refractivity contribution in [2.45, 2.75) is 13.3 Å². The molecule has 0 aliphatic carbocycles. The van der Waals surface area contributed by atoms with Crippen molar-refractivity contribution in [1.29, 1.82) is 0 Å². The molecule has 0 radical (unpaired) electrons. The molecule has 0 saturated carbocycles. The summed E-state index contributed by atoms with van der Waals surface area (Å²) in [7, 11) is -3.92. The van der Waals surface area contributed by atoms with Crippen LogP contribution in [0.5, 0.6) is 0 Å². The van der Waals surface area contributed by atoms with Crippen molar-refractivity contribution in [3.8, 4) is 11.3 Å².